The number of ether oxygens (including phenoxy) is 1. The summed E-state index contributed by atoms with van der Waals surface area (Å²) < 4.78 is 5.31. The van der Waals surface area contributed by atoms with Gasteiger partial charge < -0.3 is 10.1 Å². The number of rotatable bonds is 6. The number of amides is 1. The van der Waals surface area contributed by atoms with Gasteiger partial charge in [0.25, 0.3) is 5.69 Å². The highest BCUT2D eigenvalue weighted by atomic mass is 16.6. The fourth-order valence-electron chi connectivity index (χ4n) is 3.47. The molecule has 0 radical (unpaired) electrons. The Balaban J connectivity index is 1.82. The highest BCUT2D eigenvalue weighted by Crippen LogP contribution is 2.42. The predicted octanol–water partition coefficient (Wildman–Crippen LogP) is 3.84. The van der Waals surface area contributed by atoms with Gasteiger partial charge in [0.1, 0.15) is 0 Å². The third kappa shape index (κ3) is 3.51. The first kappa shape index (κ1) is 17.8. The van der Waals surface area contributed by atoms with Gasteiger partial charge in [0.15, 0.2) is 0 Å². The highest BCUT2D eigenvalue weighted by Gasteiger charge is 2.42. The van der Waals surface area contributed by atoms with Gasteiger partial charge in [-0.05, 0) is 31.4 Å². The van der Waals surface area contributed by atoms with Crippen molar-refractivity contribution in [1.29, 1.82) is 0 Å². The van der Waals surface area contributed by atoms with E-state index in [-0.39, 0.29) is 11.6 Å². The average molecular weight is 355 g/mol. The molecule has 2 aromatic rings. The van der Waals surface area contributed by atoms with Crippen molar-refractivity contribution in [2.24, 2.45) is 0 Å². The molecule has 26 heavy (non-hydrogen) atoms. The summed E-state index contributed by atoms with van der Waals surface area (Å²) in [5.74, 6) is 0.409. The van der Waals surface area contributed by atoms with Crippen LogP contribution in [0.25, 0.3) is 0 Å². The Morgan fingerprint density at radius 1 is 1.23 bits per heavy atom. The number of pyridine rings is 1. The molecule has 1 amide bonds. The molecule has 1 fully saturated rings. The number of carbonyl (C=O) groups is 1. The van der Waals surface area contributed by atoms with E-state index in [1.165, 1.54) is 12.1 Å². The molecule has 1 aromatic heterocycles. The average Bonchev–Trinajstić information content (AvgIpc) is 3.15. The van der Waals surface area contributed by atoms with Crippen LogP contribution in [0.15, 0.2) is 42.6 Å². The van der Waals surface area contributed by atoms with Crippen molar-refractivity contribution in [2.45, 2.75) is 38.0 Å². The van der Waals surface area contributed by atoms with E-state index in [9.17, 15) is 14.9 Å². The number of anilines is 1. The number of non-ortho nitro benzene ring substituents is 1. The summed E-state index contributed by atoms with van der Waals surface area (Å²) in [5, 5.41) is 13.8. The zero-order valence-electron chi connectivity index (χ0n) is 14.6. The van der Waals surface area contributed by atoms with E-state index in [4.69, 9.17) is 4.74 Å². The van der Waals surface area contributed by atoms with Crippen LogP contribution in [0.4, 0.5) is 11.4 Å². The predicted molar refractivity (Wildman–Crippen MR) is 97.3 cm³/mol. The molecule has 0 unspecified atom stereocenters. The van der Waals surface area contributed by atoms with Crippen LogP contribution in [0.1, 0.15) is 38.2 Å². The third-order valence-corrected chi connectivity index (χ3v) is 4.81. The Kier molecular flexibility index (Phi) is 5.16. The first-order chi connectivity index (χ1) is 12.5. The van der Waals surface area contributed by atoms with Crippen LogP contribution in [-0.4, -0.2) is 22.4 Å². The number of nitro groups is 1. The molecule has 7 heteroatoms. The summed E-state index contributed by atoms with van der Waals surface area (Å²) in [7, 11) is 0. The van der Waals surface area contributed by atoms with Crippen LogP contribution in [-0.2, 0) is 10.2 Å². The summed E-state index contributed by atoms with van der Waals surface area (Å²) in [5.41, 5.74) is 0.787. The van der Waals surface area contributed by atoms with Crippen LogP contribution >= 0.6 is 0 Å². The molecule has 7 nitrogen and oxygen atoms in total. The molecule has 0 bridgehead atoms. The quantitative estimate of drug-likeness (QED) is 0.627. The van der Waals surface area contributed by atoms with Crippen LogP contribution in [0.3, 0.4) is 0 Å². The van der Waals surface area contributed by atoms with Crippen molar-refractivity contribution in [3.8, 4) is 5.88 Å². The topological polar surface area (TPSA) is 94.4 Å². The van der Waals surface area contributed by atoms with Gasteiger partial charge in [0.2, 0.25) is 11.8 Å². The molecule has 3 rings (SSSR count). The molecule has 1 aliphatic rings. The van der Waals surface area contributed by atoms with Crippen LogP contribution in [0, 0.1) is 10.1 Å². The summed E-state index contributed by atoms with van der Waals surface area (Å²) in [6, 6.07) is 9.78. The van der Waals surface area contributed by atoms with Gasteiger partial charge in [-0.15, -0.1) is 0 Å². The van der Waals surface area contributed by atoms with E-state index in [1.54, 1.807) is 30.5 Å². The Labute approximate surface area is 151 Å². The molecule has 0 saturated heterocycles. The molecule has 1 heterocycles. The summed E-state index contributed by atoms with van der Waals surface area (Å²) in [4.78, 5) is 27.7. The van der Waals surface area contributed by atoms with Crippen molar-refractivity contribution in [3.05, 3.63) is 58.3 Å². The van der Waals surface area contributed by atoms with Gasteiger partial charge in [0, 0.05) is 18.2 Å². The van der Waals surface area contributed by atoms with Crippen LogP contribution in [0.2, 0.25) is 0 Å². The van der Waals surface area contributed by atoms with Gasteiger partial charge in [-0.1, -0.05) is 25.0 Å². The van der Waals surface area contributed by atoms with Crippen molar-refractivity contribution < 1.29 is 14.5 Å². The van der Waals surface area contributed by atoms with E-state index < -0.39 is 10.3 Å². The Morgan fingerprint density at radius 3 is 2.46 bits per heavy atom. The number of carbonyl (C=O) groups excluding carboxylic acids is 1. The Hall–Kier alpha value is -2.96. The Morgan fingerprint density at radius 2 is 1.92 bits per heavy atom. The van der Waals surface area contributed by atoms with Gasteiger partial charge >= 0.3 is 0 Å². The van der Waals surface area contributed by atoms with E-state index >= 15 is 0 Å². The zero-order valence-corrected chi connectivity index (χ0v) is 14.6. The van der Waals surface area contributed by atoms with E-state index in [1.807, 2.05) is 6.92 Å². The summed E-state index contributed by atoms with van der Waals surface area (Å²) in [6.45, 7) is 2.41. The maximum atomic E-state index is 13.1. The smallest absolute Gasteiger partial charge is 0.269 e. The second kappa shape index (κ2) is 7.51. The number of benzene rings is 1. The maximum absolute atomic E-state index is 13.1. The minimum atomic E-state index is -0.659. The SMILES string of the molecule is CCOc1ccc(NC(=O)C2(c3ccc([N+](=O)[O-])cc3)CCCC2)cn1. The second-order valence-electron chi connectivity index (χ2n) is 6.37. The number of hydrogen-bond acceptors (Lipinski definition) is 5. The lowest BCUT2D eigenvalue weighted by Gasteiger charge is -2.28. The molecule has 0 aliphatic heterocycles. The van der Waals surface area contributed by atoms with E-state index in [0.29, 0.717) is 18.2 Å². The number of nitrogens with one attached hydrogen (secondary N) is 1. The third-order valence-electron chi connectivity index (χ3n) is 4.81. The van der Waals surface area contributed by atoms with E-state index in [2.05, 4.69) is 10.3 Å². The lowest BCUT2D eigenvalue weighted by Crippen LogP contribution is -2.38. The molecular weight excluding hydrogens is 334 g/mol. The normalized spacial score (nSPS) is 15.4. The van der Waals surface area contributed by atoms with Gasteiger partial charge in [-0.2, -0.15) is 0 Å². The monoisotopic (exact) mass is 355 g/mol. The summed E-state index contributed by atoms with van der Waals surface area (Å²) >= 11 is 0. The van der Waals surface area contributed by atoms with Crippen LogP contribution in [0.5, 0.6) is 5.88 Å². The minimum absolute atomic E-state index is 0.0259. The standard InChI is InChI=1S/C19H21N3O4/c1-2-26-17-10-7-15(13-20-17)21-18(23)19(11-3-4-12-19)14-5-8-16(9-6-14)22(24)25/h5-10,13H,2-4,11-12H2,1H3,(H,21,23). The van der Waals surface area contributed by atoms with Crippen molar-refractivity contribution in [1.82, 2.24) is 4.98 Å². The maximum Gasteiger partial charge on any atom is 0.269 e. The lowest BCUT2D eigenvalue weighted by molar-refractivity contribution is -0.384. The Bertz CT molecular complexity index is 781. The molecule has 1 N–H and O–H groups in total. The van der Waals surface area contributed by atoms with Gasteiger partial charge in [-0.25, -0.2) is 4.98 Å². The molecule has 1 aliphatic carbocycles. The molecule has 0 spiro atoms. The number of nitrogens with zero attached hydrogens (tertiary/aromatic N) is 2. The minimum Gasteiger partial charge on any atom is -0.478 e. The summed E-state index contributed by atoms with van der Waals surface area (Å²) in [6.07, 6.45) is 4.92. The fourth-order valence-corrected chi connectivity index (χ4v) is 3.47. The van der Waals surface area contributed by atoms with Crippen LogP contribution < -0.4 is 10.1 Å². The number of nitro benzene ring substituents is 1. The molecule has 0 atom stereocenters. The van der Waals surface area contributed by atoms with Gasteiger partial charge in [0.05, 0.1) is 28.8 Å². The van der Waals surface area contributed by atoms with Crippen molar-refractivity contribution in [3.63, 3.8) is 0 Å². The lowest BCUT2D eigenvalue weighted by atomic mass is 9.78. The van der Waals surface area contributed by atoms with E-state index in [0.717, 1.165) is 31.2 Å². The van der Waals surface area contributed by atoms with Gasteiger partial charge in [-0.3, -0.25) is 14.9 Å². The molecule has 1 saturated carbocycles. The second-order valence-corrected chi connectivity index (χ2v) is 6.37. The number of hydrogen-bond donors (Lipinski definition) is 1. The molecule has 136 valence electrons. The molecular formula is C19H21N3O4. The zero-order chi connectivity index (χ0) is 18.6. The first-order valence-electron chi connectivity index (χ1n) is 8.70. The fraction of sp³-hybridized carbons (Fsp3) is 0.368. The first-order valence-corrected chi connectivity index (χ1v) is 8.70. The van der Waals surface area contributed by atoms with Crippen molar-refractivity contribution in [2.75, 3.05) is 11.9 Å². The number of aromatic nitrogens is 1. The highest BCUT2D eigenvalue weighted by molar-refractivity contribution is 5.99. The largest absolute Gasteiger partial charge is 0.478 e. The van der Waals surface area contributed by atoms with Crippen molar-refractivity contribution >= 4 is 17.3 Å². The molecule has 1 aromatic carbocycles.